The summed E-state index contributed by atoms with van der Waals surface area (Å²) in [6, 6.07) is 3.99. The van der Waals surface area contributed by atoms with Crippen molar-refractivity contribution in [1.29, 1.82) is 0 Å². The summed E-state index contributed by atoms with van der Waals surface area (Å²) in [6.45, 7) is 4.10. The molecule has 0 bridgehead atoms. The zero-order valence-electron chi connectivity index (χ0n) is 11.3. The van der Waals surface area contributed by atoms with Crippen molar-refractivity contribution < 1.29 is 5.11 Å². The van der Waals surface area contributed by atoms with Gasteiger partial charge in [0.05, 0.1) is 0 Å². The molecule has 1 fully saturated rings. The van der Waals surface area contributed by atoms with Crippen molar-refractivity contribution in [2.24, 2.45) is 11.8 Å². The summed E-state index contributed by atoms with van der Waals surface area (Å²) in [7, 11) is 0. The molecule has 0 saturated heterocycles. The number of nitrogens with one attached hydrogen (secondary N) is 1. The maximum atomic E-state index is 9.94. The third-order valence-corrected chi connectivity index (χ3v) is 4.96. The van der Waals surface area contributed by atoms with Gasteiger partial charge in [0, 0.05) is 11.4 Å². The van der Waals surface area contributed by atoms with Crippen LogP contribution in [0.1, 0.15) is 50.0 Å². The van der Waals surface area contributed by atoms with E-state index in [1.54, 1.807) is 11.3 Å². The molecule has 0 amide bonds. The number of hydrogen-bond acceptors (Lipinski definition) is 3. The molecule has 1 aliphatic carbocycles. The molecule has 3 heteroatoms. The quantitative estimate of drug-likeness (QED) is 0.772. The fraction of sp³-hybridized carbons (Fsp3) is 0.733. The van der Waals surface area contributed by atoms with Gasteiger partial charge >= 0.3 is 0 Å². The zero-order valence-corrected chi connectivity index (χ0v) is 12.1. The third kappa shape index (κ3) is 4.38. The van der Waals surface area contributed by atoms with Crippen molar-refractivity contribution >= 4 is 11.3 Å². The van der Waals surface area contributed by atoms with Crippen LogP contribution in [0.2, 0.25) is 0 Å². The van der Waals surface area contributed by atoms with E-state index in [2.05, 4.69) is 12.2 Å². The van der Waals surface area contributed by atoms with Gasteiger partial charge in [0.25, 0.3) is 0 Å². The molecule has 0 radical (unpaired) electrons. The Bertz CT molecular complexity index is 325. The second-order valence-electron chi connectivity index (χ2n) is 5.66. The molecule has 18 heavy (non-hydrogen) atoms. The SMILES string of the molecule is CC1CCCC(CCNCC(O)c2cccs2)C1. The molecule has 1 heterocycles. The van der Waals surface area contributed by atoms with E-state index in [1.165, 1.54) is 32.1 Å². The first-order valence-corrected chi connectivity index (χ1v) is 8.06. The third-order valence-electron chi connectivity index (χ3n) is 3.98. The molecule has 0 aliphatic heterocycles. The molecule has 1 aliphatic rings. The lowest BCUT2D eigenvalue weighted by Crippen LogP contribution is -2.25. The lowest BCUT2D eigenvalue weighted by molar-refractivity contribution is 0.176. The van der Waals surface area contributed by atoms with Crippen molar-refractivity contribution in [2.45, 2.75) is 45.1 Å². The Morgan fingerprint density at radius 3 is 3.11 bits per heavy atom. The topological polar surface area (TPSA) is 32.3 Å². The molecule has 2 nitrogen and oxygen atoms in total. The molecule has 2 N–H and O–H groups in total. The van der Waals surface area contributed by atoms with Gasteiger partial charge in [-0.25, -0.2) is 0 Å². The second-order valence-corrected chi connectivity index (χ2v) is 6.64. The summed E-state index contributed by atoms with van der Waals surface area (Å²) in [5.74, 6) is 1.82. The van der Waals surface area contributed by atoms with Crippen LogP contribution in [0.5, 0.6) is 0 Å². The van der Waals surface area contributed by atoms with Gasteiger partial charge in [-0.15, -0.1) is 11.3 Å². The number of rotatable bonds is 6. The molecular formula is C15H25NOS. The van der Waals surface area contributed by atoms with Crippen LogP contribution >= 0.6 is 11.3 Å². The molecule has 102 valence electrons. The smallest absolute Gasteiger partial charge is 0.101 e. The minimum absolute atomic E-state index is 0.338. The summed E-state index contributed by atoms with van der Waals surface area (Å²) < 4.78 is 0. The maximum absolute atomic E-state index is 9.94. The molecule has 2 rings (SSSR count). The van der Waals surface area contributed by atoms with Crippen LogP contribution in [0.25, 0.3) is 0 Å². The highest BCUT2D eigenvalue weighted by molar-refractivity contribution is 7.10. The van der Waals surface area contributed by atoms with Crippen molar-refractivity contribution in [3.8, 4) is 0 Å². The molecule has 3 unspecified atom stereocenters. The molecule has 3 atom stereocenters. The Labute approximate surface area is 114 Å². The van der Waals surface area contributed by atoms with E-state index in [9.17, 15) is 5.11 Å². The molecule has 0 spiro atoms. The van der Waals surface area contributed by atoms with Crippen molar-refractivity contribution in [1.82, 2.24) is 5.32 Å². The standard InChI is InChI=1S/C15H25NOS/c1-12-4-2-5-13(10-12)7-8-16-11-14(17)15-6-3-9-18-15/h3,6,9,12-14,16-17H,2,4-5,7-8,10-11H2,1H3. The van der Waals surface area contributed by atoms with Crippen LogP contribution in [0.15, 0.2) is 17.5 Å². The zero-order chi connectivity index (χ0) is 12.8. The highest BCUT2D eigenvalue weighted by atomic mass is 32.1. The van der Waals surface area contributed by atoms with Gasteiger partial charge in [0.1, 0.15) is 6.10 Å². The van der Waals surface area contributed by atoms with E-state index in [0.717, 1.165) is 23.3 Å². The second kappa shape index (κ2) is 7.27. The lowest BCUT2D eigenvalue weighted by atomic mass is 9.81. The predicted octanol–water partition coefficient (Wildman–Crippen LogP) is 3.59. The van der Waals surface area contributed by atoms with Crippen LogP contribution in [0.4, 0.5) is 0 Å². The molecular weight excluding hydrogens is 242 g/mol. The summed E-state index contributed by atoms with van der Waals surface area (Å²) in [4.78, 5) is 1.06. The van der Waals surface area contributed by atoms with Crippen LogP contribution in [-0.2, 0) is 0 Å². The highest BCUT2D eigenvalue weighted by Crippen LogP contribution is 2.30. The number of aliphatic hydroxyl groups is 1. The van der Waals surface area contributed by atoms with E-state index in [1.807, 2.05) is 17.5 Å². The monoisotopic (exact) mass is 267 g/mol. The van der Waals surface area contributed by atoms with Crippen LogP contribution in [-0.4, -0.2) is 18.2 Å². The normalized spacial score (nSPS) is 26.1. The molecule has 1 saturated carbocycles. The van der Waals surface area contributed by atoms with Gasteiger partial charge in [-0.3, -0.25) is 0 Å². The predicted molar refractivity (Wildman–Crippen MR) is 77.9 cm³/mol. The van der Waals surface area contributed by atoms with E-state index in [-0.39, 0.29) is 6.10 Å². The van der Waals surface area contributed by atoms with Crippen LogP contribution in [0, 0.1) is 11.8 Å². The van der Waals surface area contributed by atoms with Gasteiger partial charge in [-0.05, 0) is 42.7 Å². The highest BCUT2D eigenvalue weighted by Gasteiger charge is 2.18. The Balaban J connectivity index is 1.58. The van der Waals surface area contributed by atoms with Crippen molar-refractivity contribution in [3.05, 3.63) is 22.4 Å². The summed E-state index contributed by atoms with van der Waals surface area (Å²) in [5, 5.41) is 15.3. The van der Waals surface area contributed by atoms with Crippen molar-refractivity contribution in [3.63, 3.8) is 0 Å². The average molecular weight is 267 g/mol. The van der Waals surface area contributed by atoms with Crippen LogP contribution in [0.3, 0.4) is 0 Å². The van der Waals surface area contributed by atoms with Crippen LogP contribution < -0.4 is 5.32 Å². The Hall–Kier alpha value is -0.380. The fourth-order valence-electron chi connectivity index (χ4n) is 2.95. The first kappa shape index (κ1) is 14.0. The summed E-state index contributed by atoms with van der Waals surface area (Å²) in [6.07, 6.45) is 6.55. The van der Waals surface area contributed by atoms with Gasteiger partial charge in [-0.2, -0.15) is 0 Å². The average Bonchev–Trinajstić information content (AvgIpc) is 2.88. The molecule has 1 aromatic rings. The van der Waals surface area contributed by atoms with E-state index in [0.29, 0.717) is 6.54 Å². The summed E-state index contributed by atoms with van der Waals surface area (Å²) >= 11 is 1.63. The number of aliphatic hydroxyl groups excluding tert-OH is 1. The first-order valence-electron chi connectivity index (χ1n) is 7.18. The minimum atomic E-state index is -0.338. The summed E-state index contributed by atoms with van der Waals surface area (Å²) in [5.41, 5.74) is 0. The van der Waals surface area contributed by atoms with Gasteiger partial charge in [-0.1, -0.05) is 32.3 Å². The molecule has 1 aromatic heterocycles. The Morgan fingerprint density at radius 2 is 2.39 bits per heavy atom. The van der Waals surface area contributed by atoms with E-state index in [4.69, 9.17) is 0 Å². The van der Waals surface area contributed by atoms with Gasteiger partial charge in [0.15, 0.2) is 0 Å². The van der Waals surface area contributed by atoms with Crippen molar-refractivity contribution in [2.75, 3.05) is 13.1 Å². The fourth-order valence-corrected chi connectivity index (χ4v) is 3.66. The molecule has 0 aromatic carbocycles. The number of thiophene rings is 1. The first-order chi connectivity index (χ1) is 8.75. The number of hydrogen-bond donors (Lipinski definition) is 2. The van der Waals surface area contributed by atoms with Gasteiger partial charge in [0.2, 0.25) is 0 Å². The van der Waals surface area contributed by atoms with Gasteiger partial charge < -0.3 is 10.4 Å². The Kier molecular flexibility index (Phi) is 5.67. The maximum Gasteiger partial charge on any atom is 0.101 e. The van der Waals surface area contributed by atoms with E-state index < -0.39 is 0 Å². The Morgan fingerprint density at radius 1 is 1.50 bits per heavy atom. The lowest BCUT2D eigenvalue weighted by Gasteiger charge is -2.26. The minimum Gasteiger partial charge on any atom is -0.386 e. The van der Waals surface area contributed by atoms with E-state index >= 15 is 0 Å². The largest absolute Gasteiger partial charge is 0.386 e.